The molecule has 0 radical (unpaired) electrons. The van der Waals surface area contributed by atoms with Crippen molar-refractivity contribution in [3.05, 3.63) is 63.6 Å². The molecule has 194 valence electrons. The van der Waals surface area contributed by atoms with Crippen LogP contribution in [0.5, 0.6) is 0 Å². The Morgan fingerprint density at radius 1 is 0.750 bits per heavy atom. The summed E-state index contributed by atoms with van der Waals surface area (Å²) in [4.78, 5) is 25.5. The molecule has 2 N–H and O–H groups in total. The molecule has 2 aromatic rings. The summed E-state index contributed by atoms with van der Waals surface area (Å²) in [5.41, 5.74) is 1.18. The Morgan fingerprint density at radius 3 is 1.81 bits per heavy atom. The zero-order valence-electron chi connectivity index (χ0n) is 18.4. The van der Waals surface area contributed by atoms with Crippen LogP contribution in [0, 0.1) is 5.92 Å². The van der Waals surface area contributed by atoms with Crippen LogP contribution < -0.4 is 10.6 Å². The minimum Gasteiger partial charge on any atom is -0.469 e. The number of benzene rings is 2. The molecular weight excluding hydrogens is 640 g/mol. The lowest BCUT2D eigenvalue weighted by molar-refractivity contribution is -0.146. The minimum absolute atomic E-state index is 0.0235. The number of carbonyl (C=O) groups is 2. The van der Waals surface area contributed by atoms with Crippen molar-refractivity contribution in [2.75, 3.05) is 24.9 Å². The Bertz CT molecular complexity index is 1270. The van der Waals surface area contributed by atoms with Gasteiger partial charge < -0.3 is 20.1 Å². The molecule has 0 heterocycles. The molecule has 6 nitrogen and oxygen atoms in total. The van der Waals surface area contributed by atoms with Crippen LogP contribution in [0.25, 0.3) is 0 Å². The van der Waals surface area contributed by atoms with E-state index in [9.17, 15) is 9.59 Å². The van der Waals surface area contributed by atoms with Crippen molar-refractivity contribution < 1.29 is 19.1 Å². The molecule has 0 amide bonds. The number of rotatable bonds is 6. The fraction of sp³-hybridized carbons (Fsp3) is 0.273. The van der Waals surface area contributed by atoms with E-state index in [-0.39, 0.29) is 64.3 Å². The zero-order chi connectivity index (χ0) is 26.9. The second kappa shape index (κ2) is 12.3. The van der Waals surface area contributed by atoms with E-state index in [2.05, 4.69) is 10.6 Å². The third kappa shape index (κ3) is 6.02. The van der Waals surface area contributed by atoms with Crippen molar-refractivity contribution in [2.45, 2.75) is 18.9 Å². The number of methoxy groups -OCH3 is 2. The van der Waals surface area contributed by atoms with Gasteiger partial charge in [0, 0.05) is 24.6 Å². The molecule has 0 saturated carbocycles. The average Bonchev–Trinajstić information content (AvgIpc) is 2.87. The number of halogens is 8. The highest BCUT2D eigenvalue weighted by Gasteiger charge is 2.39. The van der Waals surface area contributed by atoms with E-state index in [1.54, 1.807) is 0 Å². The largest absolute Gasteiger partial charge is 0.469 e. The first-order chi connectivity index (χ1) is 16.9. The molecule has 2 atom stereocenters. The Kier molecular flexibility index (Phi) is 10.1. The maximum absolute atomic E-state index is 12.8. The standard InChI is InChI=1S/C22H16Cl8N2O4/c1-35-21(33)7-3-12(32-14-6-10(24)16(26)20(30)18(14)28)8(22(34)36-2)4-11(7)31-13-5-9(23)15(25)19(29)17(13)27/h5-7,11,31-32H,3-4H2,1-2H3. The molecule has 1 aliphatic rings. The van der Waals surface area contributed by atoms with E-state index in [0.29, 0.717) is 11.4 Å². The predicted molar refractivity (Wildman–Crippen MR) is 148 cm³/mol. The van der Waals surface area contributed by atoms with Crippen LogP contribution >= 0.6 is 92.8 Å². The Balaban J connectivity index is 2.08. The molecule has 0 fully saturated rings. The molecule has 3 rings (SSSR count). The Hall–Kier alpha value is -0.960. The lowest BCUT2D eigenvalue weighted by Gasteiger charge is -2.34. The van der Waals surface area contributed by atoms with Gasteiger partial charge in [-0.25, -0.2) is 4.79 Å². The predicted octanol–water partition coefficient (Wildman–Crippen LogP) is 8.82. The summed E-state index contributed by atoms with van der Waals surface area (Å²) in [7, 11) is 2.49. The molecule has 1 aliphatic carbocycles. The highest BCUT2D eigenvalue weighted by molar-refractivity contribution is 6.53. The normalized spacial score (nSPS) is 17.6. The van der Waals surface area contributed by atoms with E-state index >= 15 is 0 Å². The summed E-state index contributed by atoms with van der Waals surface area (Å²) in [6, 6.07) is 2.25. The lowest BCUT2D eigenvalue weighted by Crippen LogP contribution is -2.41. The van der Waals surface area contributed by atoms with Crippen molar-refractivity contribution in [2.24, 2.45) is 5.92 Å². The highest BCUT2D eigenvalue weighted by atomic mass is 35.5. The van der Waals surface area contributed by atoms with Gasteiger partial charge in [-0.3, -0.25) is 4.79 Å². The number of allylic oxidation sites excluding steroid dienone is 1. The molecule has 0 spiro atoms. The van der Waals surface area contributed by atoms with Crippen LogP contribution in [0.1, 0.15) is 12.8 Å². The first-order valence-corrected chi connectivity index (χ1v) is 13.0. The van der Waals surface area contributed by atoms with E-state index in [4.69, 9.17) is 102 Å². The molecule has 0 saturated heterocycles. The van der Waals surface area contributed by atoms with Gasteiger partial charge in [0.15, 0.2) is 0 Å². The fourth-order valence-electron chi connectivity index (χ4n) is 3.68. The van der Waals surface area contributed by atoms with Gasteiger partial charge in [0.1, 0.15) is 0 Å². The van der Waals surface area contributed by atoms with Crippen LogP contribution in [-0.4, -0.2) is 32.2 Å². The van der Waals surface area contributed by atoms with E-state index in [1.165, 1.54) is 26.4 Å². The van der Waals surface area contributed by atoms with Crippen LogP contribution in [0.15, 0.2) is 23.4 Å². The van der Waals surface area contributed by atoms with Gasteiger partial charge in [0.2, 0.25) is 0 Å². The second-order valence-corrected chi connectivity index (χ2v) is 10.6. The van der Waals surface area contributed by atoms with Crippen molar-refractivity contribution in [1.29, 1.82) is 0 Å². The third-order valence-corrected chi connectivity index (χ3v) is 8.97. The van der Waals surface area contributed by atoms with Gasteiger partial charge in [-0.2, -0.15) is 0 Å². The van der Waals surface area contributed by atoms with Crippen molar-refractivity contribution >= 4 is 116 Å². The van der Waals surface area contributed by atoms with E-state index in [0.717, 1.165) is 0 Å². The first-order valence-electron chi connectivity index (χ1n) is 9.98. The van der Waals surface area contributed by atoms with Crippen molar-refractivity contribution in [3.8, 4) is 0 Å². The number of hydrogen-bond acceptors (Lipinski definition) is 6. The molecule has 36 heavy (non-hydrogen) atoms. The van der Waals surface area contributed by atoms with E-state index < -0.39 is 23.9 Å². The first kappa shape index (κ1) is 29.6. The third-order valence-electron chi connectivity index (χ3n) is 5.47. The number of nitrogens with one attached hydrogen (secondary N) is 2. The summed E-state index contributed by atoms with van der Waals surface area (Å²) in [5.74, 6) is -1.96. The van der Waals surface area contributed by atoms with Crippen LogP contribution in [0.4, 0.5) is 11.4 Å². The van der Waals surface area contributed by atoms with Crippen LogP contribution in [-0.2, 0) is 19.1 Å². The van der Waals surface area contributed by atoms with Gasteiger partial charge in [0.25, 0.3) is 0 Å². The molecule has 0 aliphatic heterocycles. The Labute approximate surface area is 247 Å². The van der Waals surface area contributed by atoms with Gasteiger partial charge in [-0.05, 0) is 12.1 Å². The topological polar surface area (TPSA) is 76.7 Å². The number of esters is 2. The van der Waals surface area contributed by atoms with Gasteiger partial charge in [-0.1, -0.05) is 92.8 Å². The highest BCUT2D eigenvalue weighted by Crippen LogP contribution is 2.44. The molecule has 14 heteroatoms. The molecule has 2 unspecified atom stereocenters. The Morgan fingerprint density at radius 2 is 1.28 bits per heavy atom. The molecule has 2 aromatic carbocycles. The molecule has 0 bridgehead atoms. The van der Waals surface area contributed by atoms with E-state index in [1.807, 2.05) is 0 Å². The fourth-order valence-corrected chi connectivity index (χ4v) is 5.39. The summed E-state index contributed by atoms with van der Waals surface area (Å²) in [6.07, 6.45) is 0.0469. The summed E-state index contributed by atoms with van der Waals surface area (Å²) >= 11 is 49.5. The summed E-state index contributed by atoms with van der Waals surface area (Å²) in [5, 5.41) is 6.88. The SMILES string of the molecule is COC(=O)C1=C(Nc2cc(Cl)c(Cl)c(Cl)c2Cl)CC(C(=O)OC)C(Nc2cc(Cl)c(Cl)c(Cl)c2Cl)C1. The molecule has 0 aromatic heterocycles. The van der Waals surface area contributed by atoms with Crippen molar-refractivity contribution in [3.63, 3.8) is 0 Å². The molecular formula is C22H16Cl8N2O4. The monoisotopic (exact) mass is 652 g/mol. The zero-order valence-corrected chi connectivity index (χ0v) is 24.4. The maximum Gasteiger partial charge on any atom is 0.335 e. The number of anilines is 2. The van der Waals surface area contributed by atoms with Crippen LogP contribution in [0.2, 0.25) is 40.2 Å². The van der Waals surface area contributed by atoms with Crippen molar-refractivity contribution in [1.82, 2.24) is 0 Å². The summed E-state index contributed by atoms with van der Waals surface area (Å²) in [6.45, 7) is 0. The van der Waals surface area contributed by atoms with Crippen LogP contribution in [0.3, 0.4) is 0 Å². The average molecular weight is 656 g/mol. The smallest absolute Gasteiger partial charge is 0.335 e. The summed E-state index contributed by atoms with van der Waals surface area (Å²) < 4.78 is 10.00. The second-order valence-electron chi connectivity index (χ2n) is 7.56. The number of ether oxygens (including phenoxy) is 2. The van der Waals surface area contributed by atoms with Gasteiger partial charge >= 0.3 is 11.9 Å². The number of carbonyl (C=O) groups excluding carboxylic acids is 2. The lowest BCUT2D eigenvalue weighted by atomic mass is 9.82. The minimum atomic E-state index is -0.785. The van der Waals surface area contributed by atoms with Gasteiger partial charge in [-0.15, -0.1) is 0 Å². The maximum atomic E-state index is 12.8. The number of hydrogen-bond donors (Lipinski definition) is 2. The quantitative estimate of drug-likeness (QED) is 0.184. The van der Waals surface area contributed by atoms with Gasteiger partial charge in [0.05, 0.1) is 77.3 Å².